The van der Waals surface area contributed by atoms with Gasteiger partial charge in [-0.25, -0.2) is 0 Å². The number of hydrogen-bond acceptors (Lipinski definition) is 3. The Hall–Kier alpha value is -2.65. The predicted molar refractivity (Wildman–Crippen MR) is 194 cm³/mol. The topological polar surface area (TPSA) is 23.5 Å². The Kier molecular flexibility index (Phi) is 15.5. The molecule has 2 heterocycles. The number of thiocarbonyl (C=S) groups is 1. The molecular weight excluding hydrogens is 543 g/mol. The number of fused-ring (bicyclic) bond motifs is 1. The highest BCUT2D eigenvalue weighted by atomic mass is 32.1. The number of aromatic hydroxyl groups is 1. The lowest BCUT2D eigenvalue weighted by molar-refractivity contribution is 0.202. The Morgan fingerprint density at radius 2 is 1.81 bits per heavy atom. The Morgan fingerprint density at radius 3 is 2.37 bits per heavy atom. The third-order valence-electron chi connectivity index (χ3n) is 8.47. The molecule has 3 aliphatic rings. The van der Waals surface area contributed by atoms with Crippen LogP contribution in [-0.4, -0.2) is 21.4 Å². The van der Waals surface area contributed by atoms with Crippen molar-refractivity contribution in [1.82, 2.24) is 4.90 Å². The van der Waals surface area contributed by atoms with E-state index in [2.05, 4.69) is 83.5 Å². The van der Waals surface area contributed by atoms with Crippen molar-refractivity contribution in [3.8, 4) is 5.75 Å². The Labute approximate surface area is 270 Å². The first-order chi connectivity index (χ1) is 20.5. The van der Waals surface area contributed by atoms with Crippen LogP contribution in [0.15, 0.2) is 83.8 Å². The molecule has 2 nitrogen and oxygen atoms in total. The molecule has 236 valence electrons. The van der Waals surface area contributed by atoms with Crippen molar-refractivity contribution >= 4 is 17.6 Å². The van der Waals surface area contributed by atoms with Crippen molar-refractivity contribution in [2.24, 2.45) is 5.92 Å². The van der Waals surface area contributed by atoms with Gasteiger partial charge in [-0.3, -0.25) is 0 Å². The SMILES string of the molecule is C=C(C)C.C=C(C)C1=C(/C=C/CCC)C(C)C2CC(=C)N12.CCCCCc1cc(O)c(C2C=C(C)CCC2)c(CC=S)c1. The van der Waals surface area contributed by atoms with Gasteiger partial charge in [0.1, 0.15) is 5.75 Å². The summed E-state index contributed by atoms with van der Waals surface area (Å²) in [6.45, 7) is 26.8. The molecule has 1 aromatic rings. The van der Waals surface area contributed by atoms with E-state index in [9.17, 15) is 5.11 Å². The molecule has 1 aliphatic carbocycles. The molecule has 3 heteroatoms. The molecule has 0 bridgehead atoms. The third kappa shape index (κ3) is 10.5. The van der Waals surface area contributed by atoms with E-state index in [0.717, 1.165) is 43.2 Å². The highest BCUT2D eigenvalue weighted by molar-refractivity contribution is 7.79. The van der Waals surface area contributed by atoms with Crippen LogP contribution in [-0.2, 0) is 12.8 Å². The molecule has 1 N–H and O–H groups in total. The molecule has 1 saturated heterocycles. The molecule has 3 unspecified atom stereocenters. The number of rotatable bonds is 11. The lowest BCUT2D eigenvalue weighted by Gasteiger charge is -2.43. The molecule has 1 aromatic carbocycles. The zero-order valence-corrected chi connectivity index (χ0v) is 29.2. The van der Waals surface area contributed by atoms with Crippen molar-refractivity contribution < 1.29 is 5.11 Å². The van der Waals surface area contributed by atoms with Crippen LogP contribution in [0.3, 0.4) is 0 Å². The van der Waals surface area contributed by atoms with Gasteiger partial charge >= 0.3 is 0 Å². The van der Waals surface area contributed by atoms with Crippen molar-refractivity contribution in [2.75, 3.05) is 0 Å². The number of unbranched alkanes of at least 4 members (excludes halogenated alkanes) is 3. The average molecular weight is 602 g/mol. The fourth-order valence-electron chi connectivity index (χ4n) is 6.41. The fourth-order valence-corrected chi connectivity index (χ4v) is 6.59. The molecule has 0 amide bonds. The molecule has 4 rings (SSSR count). The minimum atomic E-state index is 0.350. The van der Waals surface area contributed by atoms with Crippen LogP contribution in [0.5, 0.6) is 5.75 Å². The van der Waals surface area contributed by atoms with Gasteiger partial charge in [-0.05, 0) is 99.9 Å². The van der Waals surface area contributed by atoms with E-state index in [4.69, 9.17) is 12.2 Å². The second kappa shape index (κ2) is 18.2. The first kappa shape index (κ1) is 36.5. The second-order valence-electron chi connectivity index (χ2n) is 13.0. The van der Waals surface area contributed by atoms with Gasteiger partial charge in [0.2, 0.25) is 0 Å². The summed E-state index contributed by atoms with van der Waals surface area (Å²) in [5.41, 5.74) is 11.4. The molecule has 43 heavy (non-hydrogen) atoms. The van der Waals surface area contributed by atoms with Gasteiger partial charge < -0.3 is 10.0 Å². The number of phenols is 1. The normalized spacial score (nSPS) is 20.8. The van der Waals surface area contributed by atoms with Crippen molar-refractivity contribution in [1.29, 1.82) is 0 Å². The maximum Gasteiger partial charge on any atom is 0.119 e. The minimum Gasteiger partial charge on any atom is -0.508 e. The molecule has 0 radical (unpaired) electrons. The summed E-state index contributed by atoms with van der Waals surface area (Å²) < 4.78 is 0. The highest BCUT2D eigenvalue weighted by Gasteiger charge is 2.45. The third-order valence-corrected chi connectivity index (χ3v) is 8.64. The van der Waals surface area contributed by atoms with E-state index in [1.54, 1.807) is 5.37 Å². The average Bonchev–Trinajstić information content (AvgIpc) is 3.15. The predicted octanol–water partition coefficient (Wildman–Crippen LogP) is 11.9. The van der Waals surface area contributed by atoms with E-state index >= 15 is 0 Å². The first-order valence-corrected chi connectivity index (χ1v) is 17.0. The van der Waals surface area contributed by atoms with Gasteiger partial charge in [-0.15, -0.1) is 6.58 Å². The van der Waals surface area contributed by atoms with Crippen LogP contribution < -0.4 is 0 Å². The van der Waals surface area contributed by atoms with Crippen molar-refractivity contribution in [3.05, 3.63) is 100 Å². The van der Waals surface area contributed by atoms with Gasteiger partial charge in [0.15, 0.2) is 0 Å². The molecule has 2 aliphatic heterocycles. The van der Waals surface area contributed by atoms with Gasteiger partial charge in [0, 0.05) is 47.7 Å². The molecule has 0 aromatic heterocycles. The first-order valence-electron chi connectivity index (χ1n) is 16.6. The number of phenolic OH excluding ortho intramolecular Hbond substituents is 1. The molecular formula is C40H59NOS. The number of hydrogen-bond donors (Lipinski definition) is 1. The molecule has 3 atom stereocenters. The Morgan fingerprint density at radius 1 is 1.12 bits per heavy atom. The zero-order chi connectivity index (χ0) is 32.1. The summed E-state index contributed by atoms with van der Waals surface area (Å²) in [6, 6.07) is 4.89. The summed E-state index contributed by atoms with van der Waals surface area (Å²) in [5.74, 6) is 1.43. The van der Waals surface area contributed by atoms with Crippen LogP contribution in [0, 0.1) is 5.92 Å². The monoisotopic (exact) mass is 601 g/mol. The quantitative estimate of drug-likeness (QED) is 0.155. The second-order valence-corrected chi connectivity index (χ2v) is 13.3. The summed E-state index contributed by atoms with van der Waals surface area (Å²) in [6.07, 6.45) is 19.5. The Balaban J connectivity index is 0.000000273. The lowest BCUT2D eigenvalue weighted by Crippen LogP contribution is -2.43. The number of nitrogens with zero attached hydrogens (tertiary/aromatic N) is 1. The van der Waals surface area contributed by atoms with Crippen molar-refractivity contribution in [2.45, 2.75) is 131 Å². The van der Waals surface area contributed by atoms with Crippen LogP contribution in [0.4, 0.5) is 0 Å². The van der Waals surface area contributed by atoms with E-state index in [1.807, 2.05) is 19.9 Å². The smallest absolute Gasteiger partial charge is 0.119 e. The van der Waals surface area contributed by atoms with Gasteiger partial charge in [-0.1, -0.05) is 101 Å². The largest absolute Gasteiger partial charge is 0.508 e. The van der Waals surface area contributed by atoms with E-state index in [1.165, 1.54) is 77.8 Å². The summed E-state index contributed by atoms with van der Waals surface area (Å²) in [7, 11) is 0. The minimum absolute atomic E-state index is 0.350. The highest BCUT2D eigenvalue weighted by Crippen LogP contribution is 2.49. The van der Waals surface area contributed by atoms with Crippen molar-refractivity contribution in [3.63, 3.8) is 0 Å². The van der Waals surface area contributed by atoms with Gasteiger partial charge in [0.25, 0.3) is 0 Å². The van der Waals surface area contributed by atoms with Crippen LogP contribution in [0.25, 0.3) is 0 Å². The van der Waals surface area contributed by atoms with Crippen LogP contribution in [0.2, 0.25) is 0 Å². The summed E-state index contributed by atoms with van der Waals surface area (Å²) in [4.78, 5) is 2.39. The van der Waals surface area contributed by atoms with Crippen LogP contribution in [0.1, 0.15) is 129 Å². The molecule has 0 spiro atoms. The number of benzene rings is 1. The number of allylic oxidation sites excluding steroid dienone is 6. The fraction of sp³-hybridized carbons (Fsp3) is 0.525. The van der Waals surface area contributed by atoms with Gasteiger partial charge in [0.05, 0.1) is 0 Å². The van der Waals surface area contributed by atoms with E-state index < -0.39 is 0 Å². The standard InChI is InChI=1S/C20H28OS.C16H23N.C4H8/c1-3-4-5-8-16-13-18(10-11-22)20(19(21)14-16)17-9-6-7-15(2)12-17;1-6-7-8-9-14-13(5)15-10-12(4)17(15)16(14)11(2)3;1-4(2)3/h11-14,17,21H,3-10H2,1-2H3;8-9,13,15H,2,4,6-7,10H2,1,3,5H3;1H2,2-3H3/b;9-8+;. The van der Waals surface area contributed by atoms with Gasteiger partial charge in [-0.2, -0.15) is 0 Å². The molecule has 0 saturated carbocycles. The van der Waals surface area contributed by atoms with E-state index in [-0.39, 0.29) is 0 Å². The zero-order valence-electron chi connectivity index (χ0n) is 28.4. The maximum atomic E-state index is 10.6. The Bertz CT molecular complexity index is 1230. The summed E-state index contributed by atoms with van der Waals surface area (Å²) in [5, 5.41) is 12.4. The lowest BCUT2D eigenvalue weighted by atomic mass is 9.82. The maximum absolute atomic E-state index is 10.6. The van der Waals surface area contributed by atoms with Crippen LogP contribution >= 0.6 is 12.2 Å². The molecule has 1 fully saturated rings. The summed E-state index contributed by atoms with van der Waals surface area (Å²) >= 11 is 5.09. The van der Waals surface area contributed by atoms with E-state index in [0.29, 0.717) is 23.6 Å². The number of aryl methyl sites for hydroxylation is 1.